The molecule has 0 aliphatic carbocycles. The molecule has 1 aromatic carbocycles. The van der Waals surface area contributed by atoms with Crippen LogP contribution in [0.2, 0.25) is 0 Å². The third-order valence-corrected chi connectivity index (χ3v) is 4.45. The molecule has 7 heteroatoms. The van der Waals surface area contributed by atoms with Crippen LogP contribution in [0.3, 0.4) is 0 Å². The maximum Gasteiger partial charge on any atom is 0.251 e. The van der Waals surface area contributed by atoms with E-state index in [-0.39, 0.29) is 18.3 Å². The molecule has 1 amide bonds. The molecule has 1 aromatic heterocycles. The molecule has 0 bridgehead atoms. The molecule has 2 N–H and O–H groups in total. The molecule has 0 radical (unpaired) electrons. The van der Waals surface area contributed by atoms with Crippen molar-refractivity contribution in [2.45, 2.75) is 19.9 Å². The lowest BCUT2D eigenvalue weighted by Gasteiger charge is -2.07. The Balaban J connectivity index is 0.00000208. The number of nitrogens with zero attached hydrogens (tertiary/aromatic N) is 2. The molecule has 24 heavy (non-hydrogen) atoms. The Morgan fingerprint density at radius 3 is 3.04 bits per heavy atom. The van der Waals surface area contributed by atoms with E-state index in [9.17, 15) is 4.79 Å². The lowest BCUT2D eigenvalue weighted by Crippen LogP contribution is -2.27. The van der Waals surface area contributed by atoms with Crippen LogP contribution in [0, 0.1) is 12.8 Å². The van der Waals surface area contributed by atoms with Crippen LogP contribution in [0.15, 0.2) is 18.3 Å². The highest BCUT2D eigenvalue weighted by Crippen LogP contribution is 2.22. The van der Waals surface area contributed by atoms with E-state index in [1.54, 1.807) is 7.11 Å². The van der Waals surface area contributed by atoms with Gasteiger partial charge in [0.2, 0.25) is 0 Å². The van der Waals surface area contributed by atoms with Crippen molar-refractivity contribution in [1.82, 2.24) is 20.4 Å². The largest absolute Gasteiger partial charge is 0.383 e. The van der Waals surface area contributed by atoms with Gasteiger partial charge in [-0.3, -0.25) is 9.48 Å². The molecule has 1 aliphatic heterocycles. The number of ether oxygens (including phenoxy) is 1. The van der Waals surface area contributed by atoms with Crippen LogP contribution in [0.5, 0.6) is 0 Å². The van der Waals surface area contributed by atoms with E-state index in [0.717, 1.165) is 36.1 Å². The molecule has 1 aliphatic rings. The van der Waals surface area contributed by atoms with Gasteiger partial charge in [-0.15, -0.1) is 12.4 Å². The number of nitrogens with one attached hydrogen (secondary N) is 2. The number of amides is 1. The Bertz CT molecular complexity index is 695. The van der Waals surface area contributed by atoms with Crippen molar-refractivity contribution in [3.63, 3.8) is 0 Å². The van der Waals surface area contributed by atoms with Gasteiger partial charge in [0.15, 0.2) is 0 Å². The summed E-state index contributed by atoms with van der Waals surface area (Å²) in [4.78, 5) is 12.3. The summed E-state index contributed by atoms with van der Waals surface area (Å²) in [6, 6.07) is 3.78. The van der Waals surface area contributed by atoms with Crippen LogP contribution in [-0.4, -0.2) is 49.0 Å². The number of hydrogen-bond donors (Lipinski definition) is 2. The second kappa shape index (κ2) is 8.46. The third-order valence-electron chi connectivity index (χ3n) is 4.45. The first-order valence-electron chi connectivity index (χ1n) is 8.13. The van der Waals surface area contributed by atoms with Crippen molar-refractivity contribution in [2.24, 2.45) is 5.92 Å². The minimum absolute atomic E-state index is 0. The predicted molar refractivity (Wildman–Crippen MR) is 96.9 cm³/mol. The normalized spacial score (nSPS) is 17.0. The Morgan fingerprint density at radius 1 is 1.50 bits per heavy atom. The maximum atomic E-state index is 12.3. The summed E-state index contributed by atoms with van der Waals surface area (Å²) in [5.74, 6) is 0.579. The number of halogens is 1. The highest BCUT2D eigenvalue weighted by atomic mass is 35.5. The number of benzene rings is 1. The van der Waals surface area contributed by atoms with Gasteiger partial charge in [-0.05, 0) is 50.0 Å². The number of aromatic nitrogens is 2. The molecular weight excluding hydrogens is 328 g/mol. The van der Waals surface area contributed by atoms with Gasteiger partial charge in [0.1, 0.15) is 0 Å². The van der Waals surface area contributed by atoms with Gasteiger partial charge in [-0.25, -0.2) is 0 Å². The van der Waals surface area contributed by atoms with Crippen molar-refractivity contribution in [1.29, 1.82) is 0 Å². The average Bonchev–Trinajstić information content (AvgIpc) is 3.18. The van der Waals surface area contributed by atoms with Crippen molar-refractivity contribution in [2.75, 3.05) is 33.4 Å². The van der Waals surface area contributed by atoms with E-state index in [1.165, 1.54) is 6.42 Å². The molecule has 2 aromatic rings. The van der Waals surface area contributed by atoms with Gasteiger partial charge in [0.05, 0.1) is 12.1 Å². The van der Waals surface area contributed by atoms with Crippen molar-refractivity contribution < 1.29 is 9.53 Å². The van der Waals surface area contributed by atoms with E-state index in [4.69, 9.17) is 4.74 Å². The van der Waals surface area contributed by atoms with Crippen LogP contribution in [-0.2, 0) is 11.3 Å². The molecule has 132 valence electrons. The quantitative estimate of drug-likeness (QED) is 0.777. The lowest BCUT2D eigenvalue weighted by molar-refractivity contribution is 0.0936. The smallest absolute Gasteiger partial charge is 0.251 e. The van der Waals surface area contributed by atoms with Gasteiger partial charge in [0.25, 0.3) is 5.91 Å². The van der Waals surface area contributed by atoms with Crippen molar-refractivity contribution in [3.05, 3.63) is 29.5 Å². The number of rotatable bonds is 6. The number of methoxy groups -OCH3 is 1. The molecule has 1 atom stereocenters. The summed E-state index contributed by atoms with van der Waals surface area (Å²) >= 11 is 0. The third kappa shape index (κ3) is 4.06. The standard InChI is InChI=1S/C17H24N4O2.ClH/c1-12-14(17(22)19-7-8-23-2)3-4-16-15(12)11-21(20-16)10-13-5-6-18-9-13;/h3-4,11,13,18H,5-10H2,1-2H3,(H,19,22);1H/t13-;/m1./s1. The predicted octanol–water partition coefficient (Wildman–Crippen LogP) is 1.75. The Hall–Kier alpha value is -1.63. The van der Waals surface area contributed by atoms with Crippen LogP contribution >= 0.6 is 12.4 Å². The number of fused-ring (bicyclic) bond motifs is 1. The molecule has 1 fully saturated rings. The lowest BCUT2D eigenvalue weighted by atomic mass is 10.0. The highest BCUT2D eigenvalue weighted by molar-refractivity contribution is 6.00. The summed E-state index contributed by atoms with van der Waals surface area (Å²) in [6.07, 6.45) is 3.26. The summed E-state index contributed by atoms with van der Waals surface area (Å²) in [7, 11) is 1.62. The van der Waals surface area contributed by atoms with E-state index >= 15 is 0 Å². The topological polar surface area (TPSA) is 68.2 Å². The molecule has 0 unspecified atom stereocenters. The van der Waals surface area contributed by atoms with Gasteiger partial charge < -0.3 is 15.4 Å². The molecule has 1 saturated heterocycles. The Morgan fingerprint density at radius 2 is 2.33 bits per heavy atom. The fourth-order valence-corrected chi connectivity index (χ4v) is 3.12. The molecular formula is C17H25ClN4O2. The first-order chi connectivity index (χ1) is 11.2. The van der Waals surface area contributed by atoms with Crippen LogP contribution in [0.4, 0.5) is 0 Å². The molecule has 0 saturated carbocycles. The average molecular weight is 353 g/mol. The number of hydrogen-bond acceptors (Lipinski definition) is 4. The number of carbonyl (C=O) groups is 1. The molecule has 0 spiro atoms. The Labute approximate surface area is 148 Å². The second-order valence-corrected chi connectivity index (χ2v) is 6.13. The zero-order valence-electron chi connectivity index (χ0n) is 14.2. The molecule has 2 heterocycles. The first kappa shape index (κ1) is 18.7. The summed E-state index contributed by atoms with van der Waals surface area (Å²) in [5, 5.41) is 12.0. The van der Waals surface area contributed by atoms with Gasteiger partial charge in [-0.1, -0.05) is 0 Å². The monoisotopic (exact) mass is 352 g/mol. The van der Waals surface area contributed by atoms with Crippen molar-refractivity contribution >= 4 is 29.2 Å². The first-order valence-corrected chi connectivity index (χ1v) is 8.13. The fraction of sp³-hybridized carbons (Fsp3) is 0.529. The van der Waals surface area contributed by atoms with Crippen LogP contribution in [0.25, 0.3) is 10.9 Å². The minimum Gasteiger partial charge on any atom is -0.383 e. The summed E-state index contributed by atoms with van der Waals surface area (Å²) in [5.41, 5.74) is 2.63. The molecule has 6 nitrogen and oxygen atoms in total. The van der Waals surface area contributed by atoms with E-state index in [1.807, 2.05) is 23.7 Å². The maximum absolute atomic E-state index is 12.3. The summed E-state index contributed by atoms with van der Waals surface area (Å²) < 4.78 is 6.98. The second-order valence-electron chi connectivity index (χ2n) is 6.13. The summed E-state index contributed by atoms with van der Waals surface area (Å²) in [6.45, 7) is 6.09. The number of aryl methyl sites for hydroxylation is 1. The van der Waals surface area contributed by atoms with Crippen LogP contribution in [0.1, 0.15) is 22.3 Å². The van der Waals surface area contributed by atoms with Crippen LogP contribution < -0.4 is 10.6 Å². The van der Waals surface area contributed by atoms with Gasteiger partial charge in [0, 0.05) is 37.3 Å². The zero-order chi connectivity index (χ0) is 16.2. The Kier molecular flexibility index (Phi) is 6.60. The zero-order valence-corrected chi connectivity index (χ0v) is 15.0. The fourth-order valence-electron chi connectivity index (χ4n) is 3.12. The van der Waals surface area contributed by atoms with Gasteiger partial charge in [-0.2, -0.15) is 5.10 Å². The van der Waals surface area contributed by atoms with E-state index in [2.05, 4.69) is 21.9 Å². The highest BCUT2D eigenvalue weighted by Gasteiger charge is 2.17. The number of carbonyl (C=O) groups excluding carboxylic acids is 1. The van der Waals surface area contributed by atoms with Gasteiger partial charge >= 0.3 is 0 Å². The SMILES string of the molecule is COCCNC(=O)c1ccc2nn(C[C@@H]3CCNC3)cc2c1C.Cl. The minimum atomic E-state index is -0.0609. The molecule has 3 rings (SSSR count). The van der Waals surface area contributed by atoms with E-state index < -0.39 is 0 Å². The van der Waals surface area contributed by atoms with Crippen molar-refractivity contribution in [3.8, 4) is 0 Å². The van der Waals surface area contributed by atoms with E-state index in [0.29, 0.717) is 24.6 Å².